The lowest BCUT2D eigenvalue weighted by Gasteiger charge is -2.17. The summed E-state index contributed by atoms with van der Waals surface area (Å²) in [7, 11) is 1.59. The van der Waals surface area contributed by atoms with E-state index in [1.54, 1.807) is 20.9 Å². The van der Waals surface area contributed by atoms with E-state index in [0.29, 0.717) is 27.7 Å². The van der Waals surface area contributed by atoms with Crippen LogP contribution in [0.5, 0.6) is 0 Å². The van der Waals surface area contributed by atoms with Gasteiger partial charge in [0.25, 0.3) is 0 Å². The largest absolute Gasteiger partial charge is 0.335 e. The van der Waals surface area contributed by atoms with Gasteiger partial charge in [0.1, 0.15) is 10.9 Å². The molecule has 0 saturated carbocycles. The number of rotatable bonds is 6. The van der Waals surface area contributed by atoms with Crippen molar-refractivity contribution in [1.82, 2.24) is 14.9 Å². The summed E-state index contributed by atoms with van der Waals surface area (Å²) < 4.78 is 38.7. The molecule has 0 spiro atoms. The maximum absolute atomic E-state index is 12.9. The van der Waals surface area contributed by atoms with Gasteiger partial charge in [-0.2, -0.15) is 0 Å². The Hall–Kier alpha value is -2.44. The quantitative estimate of drug-likeness (QED) is 0.216. The number of hydrogen-bond acceptors (Lipinski definition) is 4. The Morgan fingerprint density at radius 3 is 2.33 bits per heavy atom. The third-order valence-corrected chi connectivity index (χ3v) is 5.43. The second-order valence-corrected chi connectivity index (χ2v) is 7.78. The van der Waals surface area contributed by atoms with Crippen LogP contribution in [0.3, 0.4) is 0 Å². The molecule has 0 aliphatic heterocycles. The molecule has 0 aliphatic carbocycles. The maximum Gasteiger partial charge on any atom is 0.246 e. The van der Waals surface area contributed by atoms with Gasteiger partial charge in [0.2, 0.25) is 17.1 Å². The van der Waals surface area contributed by atoms with Crippen LogP contribution in [-0.2, 0) is 11.3 Å². The van der Waals surface area contributed by atoms with Crippen LogP contribution in [0.4, 0.5) is 11.7 Å². The molecule has 0 unspecified atom stereocenters. The van der Waals surface area contributed by atoms with Gasteiger partial charge < -0.3 is 4.90 Å². The molecule has 1 aromatic carbocycles. The number of halogens is 3. The molecule has 1 aromatic heterocycles. The normalized spacial score (nSPS) is 10.8. The molecule has 4 nitrogen and oxygen atoms in total. The van der Waals surface area contributed by atoms with Gasteiger partial charge in [-0.05, 0) is 49.1 Å². The summed E-state index contributed by atoms with van der Waals surface area (Å²) in [5.41, 5.74) is 1.76. The van der Waals surface area contributed by atoms with Gasteiger partial charge >= 0.3 is 0 Å². The lowest BCUT2D eigenvalue weighted by molar-refractivity contribution is -0.125. The standard InChI is InChI=1S/C19H18F3N3OS2.C2H6/c1-5-11-27-19-13(3)18(14-7-9-15(10-8-14)28(20,21)22)23-16(24-19)12-25(4)17(26)6-2;1-2/h6-10H,2,12H2,1,3-4H3;1-2H3. The SMILES string of the molecule is C=CC(=O)N(C)Cc1nc(SC#CC)c(C)c(-c2ccc(S(F)(F)F)cc2)n1.CC. The lowest BCUT2D eigenvalue weighted by atomic mass is 10.1. The Morgan fingerprint density at radius 2 is 1.83 bits per heavy atom. The molecule has 0 bridgehead atoms. The molecular weight excluding hydrogens is 431 g/mol. The van der Waals surface area contributed by atoms with E-state index in [1.165, 1.54) is 34.9 Å². The van der Waals surface area contributed by atoms with Gasteiger partial charge in [-0.15, -0.1) is 11.7 Å². The second-order valence-electron chi connectivity index (χ2n) is 5.70. The van der Waals surface area contributed by atoms with Crippen molar-refractivity contribution in [3.63, 3.8) is 0 Å². The lowest BCUT2D eigenvalue weighted by Crippen LogP contribution is -2.25. The summed E-state index contributed by atoms with van der Waals surface area (Å²) in [6.45, 7) is 11.1. The molecule has 2 rings (SSSR count). The highest BCUT2D eigenvalue weighted by Gasteiger charge is 2.24. The first kappa shape index (κ1) is 25.6. The zero-order valence-corrected chi connectivity index (χ0v) is 19.1. The number of carbonyl (C=O) groups excluding carboxylic acids is 1. The molecule has 2 aromatic rings. The molecule has 0 radical (unpaired) electrons. The summed E-state index contributed by atoms with van der Waals surface area (Å²) >= 11 is -4.07. The van der Waals surface area contributed by atoms with Gasteiger partial charge in [-0.3, -0.25) is 4.79 Å². The topological polar surface area (TPSA) is 46.1 Å². The molecular formula is C21H24F3N3OS2. The van der Waals surface area contributed by atoms with E-state index in [2.05, 4.69) is 27.7 Å². The van der Waals surface area contributed by atoms with Crippen LogP contribution in [0, 0.1) is 18.1 Å². The Morgan fingerprint density at radius 1 is 1.23 bits per heavy atom. The van der Waals surface area contributed by atoms with E-state index in [1.807, 2.05) is 13.8 Å². The van der Waals surface area contributed by atoms with Crippen molar-refractivity contribution in [2.45, 2.75) is 44.2 Å². The molecule has 30 heavy (non-hydrogen) atoms. The van der Waals surface area contributed by atoms with Crippen molar-refractivity contribution in [1.29, 1.82) is 0 Å². The number of amides is 1. The maximum atomic E-state index is 12.9. The molecule has 0 aliphatic rings. The monoisotopic (exact) mass is 455 g/mol. The first-order valence-corrected chi connectivity index (χ1v) is 11.2. The van der Waals surface area contributed by atoms with E-state index >= 15 is 0 Å². The van der Waals surface area contributed by atoms with Crippen molar-refractivity contribution in [2.75, 3.05) is 7.05 Å². The van der Waals surface area contributed by atoms with Gasteiger partial charge in [0.15, 0.2) is 0 Å². The van der Waals surface area contributed by atoms with Gasteiger partial charge in [0, 0.05) is 18.2 Å². The third kappa shape index (κ3) is 6.82. The fourth-order valence-electron chi connectivity index (χ4n) is 2.30. The van der Waals surface area contributed by atoms with Gasteiger partial charge in [0.05, 0.1) is 17.1 Å². The Balaban J connectivity index is 0.00000218. The van der Waals surface area contributed by atoms with E-state index < -0.39 is 16.1 Å². The molecule has 0 atom stereocenters. The summed E-state index contributed by atoms with van der Waals surface area (Å²) in [5, 5.41) is 3.46. The van der Waals surface area contributed by atoms with Crippen molar-refractivity contribution in [2.24, 2.45) is 0 Å². The highest BCUT2D eigenvalue weighted by Crippen LogP contribution is 2.60. The van der Waals surface area contributed by atoms with Gasteiger partial charge in [-0.25, -0.2) is 9.97 Å². The van der Waals surface area contributed by atoms with Crippen LogP contribution < -0.4 is 0 Å². The van der Waals surface area contributed by atoms with Crippen molar-refractivity contribution in [3.8, 4) is 22.4 Å². The average molecular weight is 456 g/mol. The minimum Gasteiger partial charge on any atom is -0.335 e. The summed E-state index contributed by atoms with van der Waals surface area (Å²) in [4.78, 5) is 21.4. The third-order valence-electron chi connectivity index (χ3n) is 3.72. The predicted octanol–water partition coefficient (Wildman–Crippen LogP) is 6.51. The number of likely N-dealkylation sites (N-methyl/N-ethyl adjacent to an activating group) is 1. The Bertz CT molecular complexity index is 949. The molecule has 0 saturated heterocycles. The minimum atomic E-state index is -5.28. The Labute approximate surface area is 182 Å². The average Bonchev–Trinajstić information content (AvgIpc) is 2.74. The number of carbonyl (C=O) groups is 1. The number of benzene rings is 1. The molecule has 162 valence electrons. The first-order valence-electron chi connectivity index (χ1n) is 9.03. The van der Waals surface area contributed by atoms with Crippen LogP contribution >= 0.6 is 22.9 Å². The van der Waals surface area contributed by atoms with Crippen molar-refractivity contribution < 1.29 is 16.5 Å². The highest BCUT2D eigenvalue weighted by molar-refractivity contribution is 8.20. The number of thioether (sulfide) groups is 1. The summed E-state index contributed by atoms with van der Waals surface area (Å²) in [6.07, 6.45) is 1.19. The second kappa shape index (κ2) is 11.7. The van der Waals surface area contributed by atoms with E-state index in [4.69, 9.17) is 0 Å². The fourth-order valence-corrected chi connectivity index (χ4v) is 3.35. The van der Waals surface area contributed by atoms with Gasteiger partial charge in [-0.1, -0.05) is 38.5 Å². The van der Waals surface area contributed by atoms with Crippen LogP contribution in [0.15, 0.2) is 46.8 Å². The summed E-state index contributed by atoms with van der Waals surface area (Å²) in [5.74, 6) is 2.85. The summed E-state index contributed by atoms with van der Waals surface area (Å²) in [6, 6.07) is 4.90. The van der Waals surface area contributed by atoms with Crippen molar-refractivity contribution in [3.05, 3.63) is 48.3 Å². The minimum absolute atomic E-state index is 0.135. The predicted molar refractivity (Wildman–Crippen MR) is 119 cm³/mol. The van der Waals surface area contributed by atoms with Crippen LogP contribution in [0.2, 0.25) is 0 Å². The van der Waals surface area contributed by atoms with E-state index in [0.717, 1.165) is 12.1 Å². The zero-order chi connectivity index (χ0) is 22.9. The molecule has 0 N–H and O–H groups in total. The van der Waals surface area contributed by atoms with Crippen LogP contribution in [0.25, 0.3) is 11.3 Å². The zero-order valence-electron chi connectivity index (χ0n) is 17.5. The van der Waals surface area contributed by atoms with Crippen molar-refractivity contribution >= 4 is 28.9 Å². The van der Waals surface area contributed by atoms with E-state index in [-0.39, 0.29) is 12.5 Å². The number of nitrogens with zero attached hydrogens (tertiary/aromatic N) is 3. The van der Waals surface area contributed by atoms with Crippen LogP contribution in [0.1, 0.15) is 32.2 Å². The molecule has 1 heterocycles. The first-order chi connectivity index (χ1) is 14.2. The fraction of sp³-hybridized carbons (Fsp3) is 0.286. The van der Waals surface area contributed by atoms with E-state index in [9.17, 15) is 16.5 Å². The smallest absolute Gasteiger partial charge is 0.246 e. The Kier molecular flexibility index (Phi) is 9.96. The highest BCUT2D eigenvalue weighted by atomic mass is 32.3. The molecule has 0 fully saturated rings. The number of aromatic nitrogens is 2. The molecule has 1 amide bonds. The van der Waals surface area contributed by atoms with Crippen LogP contribution in [-0.4, -0.2) is 27.8 Å². The number of hydrogen-bond donors (Lipinski definition) is 0. The molecule has 9 heteroatoms.